The van der Waals surface area contributed by atoms with E-state index in [1.54, 1.807) is 10.8 Å². The van der Waals surface area contributed by atoms with Crippen LogP contribution in [0, 0.1) is 0 Å². The zero-order chi connectivity index (χ0) is 9.97. The van der Waals surface area contributed by atoms with E-state index in [-0.39, 0.29) is 18.3 Å². The van der Waals surface area contributed by atoms with Crippen molar-refractivity contribution in [2.75, 3.05) is 13.1 Å². The summed E-state index contributed by atoms with van der Waals surface area (Å²) in [7, 11) is 0. The SMILES string of the molecule is O=c1[nH]c(CO)cn1C1CCNCC1. The molecule has 1 aliphatic heterocycles. The monoisotopic (exact) mass is 197 g/mol. The van der Waals surface area contributed by atoms with Crippen LogP contribution in [0.2, 0.25) is 0 Å². The van der Waals surface area contributed by atoms with Crippen molar-refractivity contribution < 1.29 is 5.11 Å². The zero-order valence-electron chi connectivity index (χ0n) is 7.99. The molecule has 0 spiro atoms. The molecule has 0 bridgehead atoms. The molecule has 1 fully saturated rings. The molecule has 0 aliphatic carbocycles. The summed E-state index contributed by atoms with van der Waals surface area (Å²) in [6.45, 7) is 1.81. The van der Waals surface area contributed by atoms with Crippen LogP contribution >= 0.6 is 0 Å². The molecule has 1 aromatic heterocycles. The highest BCUT2D eigenvalue weighted by Gasteiger charge is 2.16. The predicted octanol–water partition coefficient (Wildman–Crippen LogP) is -0.407. The van der Waals surface area contributed by atoms with Crippen molar-refractivity contribution >= 4 is 0 Å². The van der Waals surface area contributed by atoms with Gasteiger partial charge in [0.1, 0.15) is 0 Å². The Hall–Kier alpha value is -1.07. The van der Waals surface area contributed by atoms with Crippen LogP contribution in [-0.4, -0.2) is 27.7 Å². The summed E-state index contributed by atoms with van der Waals surface area (Å²) >= 11 is 0. The van der Waals surface area contributed by atoms with Crippen LogP contribution in [0.1, 0.15) is 24.6 Å². The lowest BCUT2D eigenvalue weighted by Gasteiger charge is -2.22. The molecule has 1 aromatic rings. The van der Waals surface area contributed by atoms with Gasteiger partial charge in [-0.3, -0.25) is 4.57 Å². The lowest BCUT2D eigenvalue weighted by atomic mass is 10.1. The second-order valence-electron chi connectivity index (χ2n) is 3.63. The second-order valence-corrected chi connectivity index (χ2v) is 3.63. The predicted molar refractivity (Wildman–Crippen MR) is 52.1 cm³/mol. The highest BCUT2D eigenvalue weighted by molar-refractivity contribution is 4.97. The summed E-state index contributed by atoms with van der Waals surface area (Å²) in [5, 5.41) is 12.1. The molecule has 0 radical (unpaired) electrons. The van der Waals surface area contributed by atoms with Crippen LogP contribution in [0.4, 0.5) is 0 Å². The molecular formula is C9H15N3O2. The number of nitrogens with one attached hydrogen (secondary N) is 2. The quantitative estimate of drug-likeness (QED) is 0.604. The highest BCUT2D eigenvalue weighted by atomic mass is 16.3. The Labute approximate surface area is 81.8 Å². The van der Waals surface area contributed by atoms with Gasteiger partial charge in [-0.15, -0.1) is 0 Å². The average molecular weight is 197 g/mol. The van der Waals surface area contributed by atoms with Crippen molar-refractivity contribution in [3.05, 3.63) is 22.4 Å². The molecule has 1 aliphatic rings. The highest BCUT2D eigenvalue weighted by Crippen LogP contribution is 2.16. The number of piperidine rings is 1. The van der Waals surface area contributed by atoms with E-state index in [0.29, 0.717) is 5.69 Å². The van der Waals surface area contributed by atoms with Crippen molar-refractivity contribution in [1.29, 1.82) is 0 Å². The molecule has 0 atom stereocenters. The van der Waals surface area contributed by atoms with Crippen LogP contribution in [0.3, 0.4) is 0 Å². The number of aliphatic hydroxyl groups is 1. The van der Waals surface area contributed by atoms with Gasteiger partial charge in [0.05, 0.1) is 12.3 Å². The number of aliphatic hydroxyl groups excluding tert-OH is 1. The van der Waals surface area contributed by atoms with Crippen molar-refractivity contribution in [3.63, 3.8) is 0 Å². The summed E-state index contributed by atoms with van der Waals surface area (Å²) in [6, 6.07) is 0.278. The first kappa shape index (κ1) is 9.48. The molecule has 0 saturated carbocycles. The maximum absolute atomic E-state index is 11.5. The fourth-order valence-corrected chi connectivity index (χ4v) is 1.90. The molecule has 2 rings (SSSR count). The van der Waals surface area contributed by atoms with Gasteiger partial charge in [0.2, 0.25) is 0 Å². The number of H-pyrrole nitrogens is 1. The maximum atomic E-state index is 11.5. The lowest BCUT2D eigenvalue weighted by Crippen LogP contribution is -2.32. The zero-order valence-corrected chi connectivity index (χ0v) is 7.99. The Balaban J connectivity index is 2.21. The van der Waals surface area contributed by atoms with E-state index in [1.165, 1.54) is 0 Å². The van der Waals surface area contributed by atoms with Gasteiger partial charge in [-0.05, 0) is 25.9 Å². The molecule has 3 N–H and O–H groups in total. The van der Waals surface area contributed by atoms with Gasteiger partial charge in [0, 0.05) is 12.2 Å². The van der Waals surface area contributed by atoms with Gasteiger partial charge in [-0.1, -0.05) is 0 Å². The number of nitrogens with zero attached hydrogens (tertiary/aromatic N) is 1. The third kappa shape index (κ3) is 1.73. The Morgan fingerprint density at radius 3 is 2.79 bits per heavy atom. The Morgan fingerprint density at radius 2 is 2.21 bits per heavy atom. The molecule has 2 heterocycles. The van der Waals surface area contributed by atoms with E-state index < -0.39 is 0 Å². The molecule has 0 aromatic carbocycles. The molecule has 0 amide bonds. The average Bonchev–Trinajstić information content (AvgIpc) is 2.61. The standard InChI is InChI=1S/C9H15N3O2/c13-6-7-5-12(9(14)11-7)8-1-3-10-4-2-8/h5,8,10,13H,1-4,6H2,(H,11,14). The van der Waals surface area contributed by atoms with Gasteiger partial charge in [0.25, 0.3) is 0 Å². The van der Waals surface area contributed by atoms with Gasteiger partial charge in [-0.25, -0.2) is 4.79 Å². The minimum Gasteiger partial charge on any atom is -0.390 e. The third-order valence-corrected chi connectivity index (χ3v) is 2.67. The first-order valence-electron chi connectivity index (χ1n) is 4.93. The fourth-order valence-electron chi connectivity index (χ4n) is 1.90. The number of aromatic nitrogens is 2. The molecular weight excluding hydrogens is 182 g/mol. The van der Waals surface area contributed by atoms with Crippen molar-refractivity contribution in [2.24, 2.45) is 0 Å². The van der Waals surface area contributed by atoms with Crippen LogP contribution in [-0.2, 0) is 6.61 Å². The number of hydrogen-bond donors (Lipinski definition) is 3. The molecule has 0 unspecified atom stereocenters. The van der Waals surface area contributed by atoms with Gasteiger partial charge < -0.3 is 15.4 Å². The van der Waals surface area contributed by atoms with Crippen molar-refractivity contribution in [1.82, 2.24) is 14.9 Å². The second kappa shape index (κ2) is 3.98. The minimum atomic E-state index is -0.110. The van der Waals surface area contributed by atoms with E-state index in [4.69, 9.17) is 5.11 Å². The first-order valence-corrected chi connectivity index (χ1v) is 4.93. The molecule has 14 heavy (non-hydrogen) atoms. The largest absolute Gasteiger partial charge is 0.390 e. The Bertz CT molecular complexity index is 349. The van der Waals surface area contributed by atoms with Crippen LogP contribution in [0.25, 0.3) is 0 Å². The smallest absolute Gasteiger partial charge is 0.326 e. The van der Waals surface area contributed by atoms with Crippen molar-refractivity contribution in [2.45, 2.75) is 25.5 Å². The summed E-state index contributed by atoms with van der Waals surface area (Å²) in [4.78, 5) is 14.1. The van der Waals surface area contributed by atoms with Gasteiger partial charge >= 0.3 is 5.69 Å². The lowest BCUT2D eigenvalue weighted by molar-refractivity contribution is 0.277. The Kier molecular flexibility index (Phi) is 2.69. The molecule has 5 nitrogen and oxygen atoms in total. The van der Waals surface area contributed by atoms with Crippen LogP contribution < -0.4 is 11.0 Å². The topological polar surface area (TPSA) is 70.0 Å². The Morgan fingerprint density at radius 1 is 1.50 bits per heavy atom. The molecule has 78 valence electrons. The maximum Gasteiger partial charge on any atom is 0.326 e. The van der Waals surface area contributed by atoms with Gasteiger partial charge in [-0.2, -0.15) is 0 Å². The number of imidazole rings is 1. The number of rotatable bonds is 2. The van der Waals surface area contributed by atoms with Crippen molar-refractivity contribution in [3.8, 4) is 0 Å². The summed E-state index contributed by atoms with van der Waals surface area (Å²) in [6.07, 6.45) is 3.67. The van der Waals surface area contributed by atoms with Crippen LogP contribution in [0.15, 0.2) is 11.0 Å². The van der Waals surface area contributed by atoms with Gasteiger partial charge in [0.15, 0.2) is 0 Å². The summed E-state index contributed by atoms with van der Waals surface area (Å²) in [5.41, 5.74) is 0.481. The summed E-state index contributed by atoms with van der Waals surface area (Å²) < 4.78 is 1.70. The minimum absolute atomic E-state index is 0.104. The molecule has 5 heteroatoms. The van der Waals surface area contributed by atoms with E-state index in [2.05, 4.69) is 10.3 Å². The van der Waals surface area contributed by atoms with E-state index in [9.17, 15) is 4.79 Å². The first-order chi connectivity index (χ1) is 6.81. The molecule has 1 saturated heterocycles. The van der Waals surface area contributed by atoms with E-state index in [1.807, 2.05) is 0 Å². The normalized spacial score (nSPS) is 18.6. The van der Waals surface area contributed by atoms with Crippen LogP contribution in [0.5, 0.6) is 0 Å². The summed E-state index contributed by atoms with van der Waals surface area (Å²) in [5.74, 6) is 0. The third-order valence-electron chi connectivity index (χ3n) is 2.67. The number of aromatic amines is 1. The number of hydrogen-bond acceptors (Lipinski definition) is 3. The fraction of sp³-hybridized carbons (Fsp3) is 0.667. The van der Waals surface area contributed by atoms with E-state index >= 15 is 0 Å². The van der Waals surface area contributed by atoms with E-state index in [0.717, 1.165) is 25.9 Å².